The van der Waals surface area contributed by atoms with Crippen molar-refractivity contribution in [2.75, 3.05) is 30.6 Å². The predicted octanol–water partition coefficient (Wildman–Crippen LogP) is 4.13. The largest absolute Gasteiger partial charge is 0.497 e. The minimum absolute atomic E-state index is 0.310. The third-order valence-electron chi connectivity index (χ3n) is 4.73. The SMILES string of the molecule is COc1cc(NC(=O)c2ccccn2)cc(Nc2nccc(-c3ccc(OC)c(N)c3)n2)c1. The normalized spacial score (nSPS) is 10.4. The molecular formula is C24H22N6O3. The number of anilines is 4. The number of hydrogen-bond acceptors (Lipinski definition) is 8. The molecule has 1 amide bonds. The van der Waals surface area contributed by atoms with Gasteiger partial charge in [-0.1, -0.05) is 6.07 Å². The Morgan fingerprint density at radius 3 is 2.48 bits per heavy atom. The minimum Gasteiger partial charge on any atom is -0.497 e. The molecule has 0 aliphatic carbocycles. The Balaban J connectivity index is 1.57. The van der Waals surface area contributed by atoms with Crippen molar-refractivity contribution in [3.05, 3.63) is 78.8 Å². The molecule has 33 heavy (non-hydrogen) atoms. The zero-order valence-corrected chi connectivity index (χ0v) is 18.1. The van der Waals surface area contributed by atoms with Crippen LogP contribution >= 0.6 is 0 Å². The molecule has 2 aromatic carbocycles. The molecule has 0 atom stereocenters. The van der Waals surface area contributed by atoms with Gasteiger partial charge in [0.2, 0.25) is 5.95 Å². The number of nitrogens with one attached hydrogen (secondary N) is 2. The zero-order chi connectivity index (χ0) is 23.2. The van der Waals surface area contributed by atoms with Crippen LogP contribution in [-0.2, 0) is 0 Å². The second-order valence-corrected chi connectivity index (χ2v) is 6.97. The topological polar surface area (TPSA) is 124 Å². The molecule has 0 saturated carbocycles. The first-order valence-electron chi connectivity index (χ1n) is 10.0. The number of benzene rings is 2. The molecule has 4 N–H and O–H groups in total. The summed E-state index contributed by atoms with van der Waals surface area (Å²) in [5.41, 5.74) is 9.54. The van der Waals surface area contributed by atoms with Crippen molar-refractivity contribution < 1.29 is 14.3 Å². The van der Waals surface area contributed by atoms with Crippen LogP contribution in [0.25, 0.3) is 11.3 Å². The van der Waals surface area contributed by atoms with Crippen LogP contribution in [0.15, 0.2) is 73.1 Å². The Kier molecular flexibility index (Phi) is 6.31. The quantitative estimate of drug-likeness (QED) is 0.365. The van der Waals surface area contributed by atoms with Crippen LogP contribution in [0.5, 0.6) is 11.5 Å². The molecule has 2 heterocycles. The van der Waals surface area contributed by atoms with Gasteiger partial charge in [-0.25, -0.2) is 9.97 Å². The van der Waals surface area contributed by atoms with Crippen LogP contribution in [0, 0.1) is 0 Å². The molecule has 4 rings (SSSR count). The molecule has 4 aromatic rings. The van der Waals surface area contributed by atoms with Crippen LogP contribution in [0.1, 0.15) is 10.5 Å². The van der Waals surface area contributed by atoms with E-state index >= 15 is 0 Å². The monoisotopic (exact) mass is 442 g/mol. The van der Waals surface area contributed by atoms with E-state index in [2.05, 4.69) is 25.6 Å². The molecule has 0 bridgehead atoms. The number of carbonyl (C=O) groups excluding carboxylic acids is 1. The van der Waals surface area contributed by atoms with Gasteiger partial charge in [-0.3, -0.25) is 9.78 Å². The highest BCUT2D eigenvalue weighted by atomic mass is 16.5. The molecule has 9 nitrogen and oxygen atoms in total. The maximum Gasteiger partial charge on any atom is 0.274 e. The van der Waals surface area contributed by atoms with E-state index in [1.807, 2.05) is 6.07 Å². The van der Waals surface area contributed by atoms with E-state index in [1.54, 1.807) is 81.2 Å². The van der Waals surface area contributed by atoms with Gasteiger partial charge in [0.25, 0.3) is 5.91 Å². The minimum atomic E-state index is -0.329. The van der Waals surface area contributed by atoms with Crippen LogP contribution in [0.4, 0.5) is 23.0 Å². The highest BCUT2D eigenvalue weighted by molar-refractivity contribution is 6.03. The summed E-state index contributed by atoms with van der Waals surface area (Å²) in [6, 6.07) is 17.6. The first-order valence-corrected chi connectivity index (χ1v) is 10.0. The average molecular weight is 442 g/mol. The molecule has 2 aromatic heterocycles. The van der Waals surface area contributed by atoms with Gasteiger partial charge in [-0.05, 0) is 42.5 Å². The third kappa shape index (κ3) is 5.16. The van der Waals surface area contributed by atoms with E-state index in [0.29, 0.717) is 45.9 Å². The van der Waals surface area contributed by atoms with Crippen LogP contribution in [0.3, 0.4) is 0 Å². The number of amides is 1. The van der Waals surface area contributed by atoms with Gasteiger partial charge in [-0.2, -0.15) is 0 Å². The van der Waals surface area contributed by atoms with Gasteiger partial charge in [0.15, 0.2) is 0 Å². The Morgan fingerprint density at radius 1 is 0.909 bits per heavy atom. The van der Waals surface area contributed by atoms with Crippen LogP contribution in [-0.4, -0.2) is 35.1 Å². The summed E-state index contributed by atoms with van der Waals surface area (Å²) >= 11 is 0. The van der Waals surface area contributed by atoms with E-state index in [9.17, 15) is 4.79 Å². The lowest BCUT2D eigenvalue weighted by atomic mass is 10.1. The van der Waals surface area contributed by atoms with Gasteiger partial charge in [0, 0.05) is 41.5 Å². The lowest BCUT2D eigenvalue weighted by Crippen LogP contribution is -2.13. The third-order valence-corrected chi connectivity index (χ3v) is 4.73. The number of nitrogens with zero attached hydrogens (tertiary/aromatic N) is 3. The van der Waals surface area contributed by atoms with Crippen molar-refractivity contribution in [1.29, 1.82) is 0 Å². The lowest BCUT2D eigenvalue weighted by Gasteiger charge is -2.12. The smallest absolute Gasteiger partial charge is 0.274 e. The first-order chi connectivity index (χ1) is 16.1. The van der Waals surface area contributed by atoms with E-state index in [0.717, 1.165) is 5.56 Å². The number of methoxy groups -OCH3 is 2. The van der Waals surface area contributed by atoms with E-state index < -0.39 is 0 Å². The van der Waals surface area contributed by atoms with Crippen LogP contribution < -0.4 is 25.8 Å². The molecule has 166 valence electrons. The highest BCUT2D eigenvalue weighted by Crippen LogP contribution is 2.29. The first kappa shape index (κ1) is 21.6. The Bertz CT molecular complexity index is 1280. The van der Waals surface area contributed by atoms with Crippen molar-refractivity contribution >= 4 is 28.9 Å². The number of nitrogens with two attached hydrogens (primary N) is 1. The summed E-state index contributed by atoms with van der Waals surface area (Å²) in [6.45, 7) is 0. The molecule has 0 unspecified atom stereocenters. The average Bonchev–Trinajstić information content (AvgIpc) is 2.84. The Labute approximate surface area is 190 Å². The predicted molar refractivity (Wildman–Crippen MR) is 127 cm³/mol. The number of carbonyl (C=O) groups is 1. The number of nitrogen functional groups attached to an aromatic ring is 1. The van der Waals surface area contributed by atoms with Gasteiger partial charge in [0.1, 0.15) is 17.2 Å². The van der Waals surface area contributed by atoms with Crippen molar-refractivity contribution in [2.24, 2.45) is 0 Å². The van der Waals surface area contributed by atoms with Crippen molar-refractivity contribution in [1.82, 2.24) is 15.0 Å². The number of pyridine rings is 1. The number of ether oxygens (including phenoxy) is 2. The maximum absolute atomic E-state index is 12.5. The summed E-state index contributed by atoms with van der Waals surface area (Å²) < 4.78 is 10.6. The molecule has 0 aliphatic heterocycles. The molecule has 9 heteroatoms. The molecule has 0 spiro atoms. The summed E-state index contributed by atoms with van der Waals surface area (Å²) in [4.78, 5) is 25.4. The molecular weight excluding hydrogens is 420 g/mol. The number of rotatable bonds is 7. The van der Waals surface area contributed by atoms with Gasteiger partial charge in [-0.15, -0.1) is 0 Å². The van der Waals surface area contributed by atoms with Crippen molar-refractivity contribution in [3.63, 3.8) is 0 Å². The molecule has 0 saturated heterocycles. The van der Waals surface area contributed by atoms with E-state index in [4.69, 9.17) is 15.2 Å². The molecule has 0 aliphatic rings. The Morgan fingerprint density at radius 2 is 1.76 bits per heavy atom. The Hall–Kier alpha value is -4.66. The van der Waals surface area contributed by atoms with Crippen molar-refractivity contribution in [3.8, 4) is 22.8 Å². The second-order valence-electron chi connectivity index (χ2n) is 6.97. The fraction of sp³-hybridized carbons (Fsp3) is 0.0833. The highest BCUT2D eigenvalue weighted by Gasteiger charge is 2.11. The fourth-order valence-corrected chi connectivity index (χ4v) is 3.16. The second kappa shape index (κ2) is 9.65. The summed E-state index contributed by atoms with van der Waals surface area (Å²) in [5.74, 6) is 1.19. The summed E-state index contributed by atoms with van der Waals surface area (Å²) in [6.07, 6.45) is 3.21. The zero-order valence-electron chi connectivity index (χ0n) is 18.1. The number of hydrogen-bond donors (Lipinski definition) is 3. The van der Waals surface area contributed by atoms with Gasteiger partial charge < -0.3 is 25.8 Å². The fourth-order valence-electron chi connectivity index (χ4n) is 3.16. The lowest BCUT2D eigenvalue weighted by molar-refractivity contribution is 0.102. The summed E-state index contributed by atoms with van der Waals surface area (Å²) in [7, 11) is 3.12. The van der Waals surface area contributed by atoms with E-state index in [-0.39, 0.29) is 5.91 Å². The maximum atomic E-state index is 12.5. The van der Waals surface area contributed by atoms with Crippen molar-refractivity contribution in [2.45, 2.75) is 0 Å². The van der Waals surface area contributed by atoms with Crippen LogP contribution in [0.2, 0.25) is 0 Å². The van der Waals surface area contributed by atoms with E-state index in [1.165, 1.54) is 0 Å². The summed E-state index contributed by atoms with van der Waals surface area (Å²) in [5, 5.41) is 5.98. The standard InChI is InChI=1S/C24H22N6O3/c1-32-18-13-16(28-23(31)21-5-3-4-9-26-21)12-17(14-18)29-24-27-10-8-20(30-24)15-6-7-22(33-2)19(25)11-15/h3-14H,25H2,1-2H3,(H,28,31)(H,27,29,30). The number of aromatic nitrogens is 3. The van der Waals surface area contributed by atoms with Gasteiger partial charge in [0.05, 0.1) is 25.6 Å². The van der Waals surface area contributed by atoms with Gasteiger partial charge >= 0.3 is 0 Å². The molecule has 0 radical (unpaired) electrons. The molecule has 0 fully saturated rings.